The molecule has 4 N–H and O–H groups in total. The number of hydrogen-bond acceptors (Lipinski definition) is 2. The molecule has 0 unspecified atom stereocenters. The number of rotatable bonds is 16. The third-order valence-electron chi connectivity index (χ3n) is 3.87. The van der Waals surface area contributed by atoms with Gasteiger partial charge in [0, 0.05) is 13.0 Å². The van der Waals surface area contributed by atoms with Gasteiger partial charge in [0.05, 0.1) is 0 Å². The second kappa shape index (κ2) is 16.1. The molecule has 5 nitrogen and oxygen atoms in total. The molecule has 130 valence electrons. The van der Waals surface area contributed by atoms with Crippen LogP contribution in [0.25, 0.3) is 0 Å². The molecule has 0 saturated carbocycles. The SMILES string of the molecule is NC(=O)NCCCCCCCCCCCCCCCC(=O)O. The fourth-order valence-electron chi connectivity index (χ4n) is 2.56. The lowest BCUT2D eigenvalue weighted by atomic mass is 10.0. The second-order valence-electron chi connectivity index (χ2n) is 6.03. The lowest BCUT2D eigenvalue weighted by molar-refractivity contribution is -0.137. The fourth-order valence-corrected chi connectivity index (χ4v) is 2.56. The fraction of sp³-hybridized carbons (Fsp3) is 0.882. The number of urea groups is 1. The maximum Gasteiger partial charge on any atom is 0.312 e. The van der Waals surface area contributed by atoms with Crippen LogP contribution in [0.3, 0.4) is 0 Å². The third kappa shape index (κ3) is 18.7. The highest BCUT2D eigenvalue weighted by Crippen LogP contribution is 2.12. The Balaban J connectivity index is 2.99. The van der Waals surface area contributed by atoms with Gasteiger partial charge in [-0.2, -0.15) is 0 Å². The highest BCUT2D eigenvalue weighted by molar-refractivity contribution is 5.71. The van der Waals surface area contributed by atoms with Crippen molar-refractivity contribution in [3.8, 4) is 0 Å². The Hall–Kier alpha value is -1.26. The van der Waals surface area contributed by atoms with E-state index >= 15 is 0 Å². The molecule has 0 aliphatic carbocycles. The smallest absolute Gasteiger partial charge is 0.312 e. The predicted octanol–water partition coefficient (Wildman–Crippen LogP) is 4.20. The van der Waals surface area contributed by atoms with E-state index in [0.29, 0.717) is 13.0 Å². The highest BCUT2D eigenvalue weighted by Gasteiger charge is 1.97. The first kappa shape index (κ1) is 20.7. The molecule has 0 aromatic carbocycles. The summed E-state index contributed by atoms with van der Waals surface area (Å²) in [4.78, 5) is 20.8. The van der Waals surface area contributed by atoms with Crippen molar-refractivity contribution in [2.75, 3.05) is 6.54 Å². The predicted molar refractivity (Wildman–Crippen MR) is 89.9 cm³/mol. The standard InChI is InChI=1S/C17H34N2O3/c18-17(22)19-15-13-11-9-7-5-3-1-2-4-6-8-10-12-14-16(20)21/h1-15H2,(H,20,21)(H3,18,19,22). The van der Waals surface area contributed by atoms with Crippen LogP contribution >= 0.6 is 0 Å². The summed E-state index contributed by atoms with van der Waals surface area (Å²) in [7, 11) is 0. The number of carboxylic acid groups (broad SMARTS) is 1. The quantitative estimate of drug-likeness (QED) is 0.373. The minimum atomic E-state index is -0.677. The van der Waals surface area contributed by atoms with Gasteiger partial charge in [0.1, 0.15) is 0 Å². The number of unbranched alkanes of at least 4 members (excludes halogenated alkanes) is 12. The van der Waals surface area contributed by atoms with Crippen molar-refractivity contribution < 1.29 is 14.7 Å². The van der Waals surface area contributed by atoms with Crippen LogP contribution in [0, 0.1) is 0 Å². The summed E-state index contributed by atoms with van der Waals surface area (Å²) in [6, 6.07) is -0.429. The Labute approximate surface area is 135 Å². The minimum Gasteiger partial charge on any atom is -0.481 e. The molecule has 0 rings (SSSR count). The van der Waals surface area contributed by atoms with Crippen molar-refractivity contribution in [2.24, 2.45) is 5.73 Å². The van der Waals surface area contributed by atoms with E-state index in [1.807, 2.05) is 0 Å². The number of nitrogens with one attached hydrogen (secondary N) is 1. The topological polar surface area (TPSA) is 92.4 Å². The van der Waals surface area contributed by atoms with Crippen LogP contribution in [0.4, 0.5) is 4.79 Å². The number of carbonyl (C=O) groups excluding carboxylic acids is 1. The van der Waals surface area contributed by atoms with Crippen LogP contribution in [0.15, 0.2) is 0 Å². The lowest BCUT2D eigenvalue weighted by Gasteiger charge is -2.03. The molecule has 0 radical (unpaired) electrons. The Kier molecular flexibility index (Phi) is 15.2. The van der Waals surface area contributed by atoms with Gasteiger partial charge in [0.15, 0.2) is 0 Å². The van der Waals surface area contributed by atoms with Crippen LogP contribution in [-0.4, -0.2) is 23.7 Å². The molecule has 0 saturated heterocycles. The largest absolute Gasteiger partial charge is 0.481 e. The summed E-state index contributed by atoms with van der Waals surface area (Å²) in [6.07, 6.45) is 15.8. The summed E-state index contributed by atoms with van der Waals surface area (Å²) >= 11 is 0. The van der Waals surface area contributed by atoms with Crippen LogP contribution in [0.5, 0.6) is 0 Å². The molecular weight excluding hydrogens is 280 g/mol. The molecule has 0 spiro atoms. The summed E-state index contributed by atoms with van der Waals surface area (Å²) < 4.78 is 0. The van der Waals surface area contributed by atoms with E-state index < -0.39 is 12.0 Å². The number of aliphatic carboxylic acids is 1. The second-order valence-corrected chi connectivity index (χ2v) is 6.03. The summed E-state index contributed by atoms with van der Waals surface area (Å²) in [5.41, 5.74) is 4.99. The van der Waals surface area contributed by atoms with E-state index in [-0.39, 0.29) is 0 Å². The van der Waals surface area contributed by atoms with Crippen LogP contribution < -0.4 is 11.1 Å². The first-order valence-corrected chi connectivity index (χ1v) is 8.88. The molecular formula is C17H34N2O3. The first-order chi connectivity index (χ1) is 10.6. The molecule has 0 aromatic heterocycles. The molecule has 2 amide bonds. The molecule has 5 heteroatoms. The summed E-state index contributed by atoms with van der Waals surface area (Å²) in [5, 5.41) is 11.1. The maximum atomic E-state index is 10.4. The number of hydrogen-bond donors (Lipinski definition) is 3. The Morgan fingerprint density at radius 1 is 0.682 bits per heavy atom. The third-order valence-corrected chi connectivity index (χ3v) is 3.87. The maximum absolute atomic E-state index is 10.4. The van der Waals surface area contributed by atoms with E-state index in [1.54, 1.807) is 0 Å². The van der Waals surface area contributed by atoms with Gasteiger partial charge in [-0.05, 0) is 12.8 Å². The molecule has 0 atom stereocenters. The van der Waals surface area contributed by atoms with Gasteiger partial charge in [-0.1, -0.05) is 70.6 Å². The van der Waals surface area contributed by atoms with Crippen molar-refractivity contribution >= 4 is 12.0 Å². The van der Waals surface area contributed by atoms with Gasteiger partial charge in [-0.3, -0.25) is 4.79 Å². The van der Waals surface area contributed by atoms with Crippen molar-refractivity contribution in [3.05, 3.63) is 0 Å². The number of carboxylic acids is 1. The number of primary amides is 1. The Morgan fingerprint density at radius 3 is 1.41 bits per heavy atom. The minimum absolute atomic E-state index is 0.318. The average molecular weight is 314 g/mol. The van der Waals surface area contributed by atoms with E-state index in [0.717, 1.165) is 25.7 Å². The normalized spacial score (nSPS) is 10.5. The first-order valence-electron chi connectivity index (χ1n) is 8.88. The van der Waals surface area contributed by atoms with Crippen molar-refractivity contribution in [1.29, 1.82) is 0 Å². The molecule has 0 aliphatic rings. The lowest BCUT2D eigenvalue weighted by Crippen LogP contribution is -2.29. The van der Waals surface area contributed by atoms with Crippen molar-refractivity contribution in [2.45, 2.75) is 89.9 Å². The zero-order valence-corrected chi connectivity index (χ0v) is 13.9. The zero-order valence-electron chi connectivity index (χ0n) is 13.9. The van der Waals surface area contributed by atoms with E-state index in [2.05, 4.69) is 5.32 Å². The van der Waals surface area contributed by atoms with Crippen LogP contribution in [-0.2, 0) is 4.79 Å². The molecule has 22 heavy (non-hydrogen) atoms. The van der Waals surface area contributed by atoms with E-state index in [9.17, 15) is 9.59 Å². The number of nitrogens with two attached hydrogens (primary N) is 1. The van der Waals surface area contributed by atoms with Crippen molar-refractivity contribution in [3.63, 3.8) is 0 Å². The van der Waals surface area contributed by atoms with Crippen molar-refractivity contribution in [1.82, 2.24) is 5.32 Å². The Morgan fingerprint density at radius 2 is 1.05 bits per heavy atom. The van der Waals surface area contributed by atoms with Gasteiger partial charge in [0.25, 0.3) is 0 Å². The van der Waals surface area contributed by atoms with E-state index in [4.69, 9.17) is 10.8 Å². The number of amides is 2. The van der Waals surface area contributed by atoms with Crippen LogP contribution in [0.2, 0.25) is 0 Å². The molecule has 0 heterocycles. The van der Waals surface area contributed by atoms with Gasteiger partial charge < -0.3 is 16.2 Å². The average Bonchev–Trinajstić information content (AvgIpc) is 2.46. The zero-order chi connectivity index (χ0) is 16.5. The van der Waals surface area contributed by atoms with E-state index in [1.165, 1.54) is 57.8 Å². The van der Waals surface area contributed by atoms with Crippen LogP contribution in [0.1, 0.15) is 89.9 Å². The summed E-state index contributed by atoms with van der Waals surface area (Å²) in [5.74, 6) is -0.677. The van der Waals surface area contributed by atoms with Gasteiger partial charge in [-0.25, -0.2) is 4.79 Å². The molecule has 0 aromatic rings. The highest BCUT2D eigenvalue weighted by atomic mass is 16.4. The molecule has 0 bridgehead atoms. The van der Waals surface area contributed by atoms with Gasteiger partial charge in [-0.15, -0.1) is 0 Å². The monoisotopic (exact) mass is 314 g/mol. The summed E-state index contributed by atoms with van der Waals surface area (Å²) in [6.45, 7) is 0.696. The van der Waals surface area contributed by atoms with Gasteiger partial charge >= 0.3 is 12.0 Å². The molecule has 0 aliphatic heterocycles. The Bertz CT molecular complexity index is 255. The van der Waals surface area contributed by atoms with Gasteiger partial charge in [0.2, 0.25) is 0 Å². The molecule has 0 fully saturated rings. The number of carbonyl (C=O) groups is 2.